The minimum absolute atomic E-state index is 0.0662. The number of aryl methyl sites for hydroxylation is 1. The van der Waals surface area contributed by atoms with E-state index < -0.39 is 0 Å². The maximum absolute atomic E-state index is 13.6. The fraction of sp³-hybridized carbons (Fsp3) is 0.190. The lowest BCUT2D eigenvalue weighted by Crippen LogP contribution is -2.26. The van der Waals surface area contributed by atoms with Crippen LogP contribution in [0.3, 0.4) is 0 Å². The first kappa shape index (κ1) is 17.0. The van der Waals surface area contributed by atoms with Gasteiger partial charge in [-0.05, 0) is 42.3 Å². The molecule has 0 unspecified atom stereocenters. The molecule has 0 aliphatic carbocycles. The van der Waals surface area contributed by atoms with Crippen LogP contribution in [0.25, 0.3) is 0 Å². The summed E-state index contributed by atoms with van der Waals surface area (Å²) in [6.45, 7) is 2.52. The van der Waals surface area contributed by atoms with Crippen molar-refractivity contribution >= 4 is 5.91 Å². The second kappa shape index (κ2) is 7.79. The molecule has 3 rings (SSSR count). The number of rotatable bonds is 6. The number of aromatic nitrogens is 1. The first-order valence-corrected chi connectivity index (χ1v) is 8.32. The van der Waals surface area contributed by atoms with Gasteiger partial charge in [0.05, 0.1) is 12.5 Å². The first-order valence-electron chi connectivity index (χ1n) is 8.32. The number of hydrogen-bond donors (Lipinski definition) is 1. The molecule has 2 aromatic carbocycles. The Balaban J connectivity index is 1.69. The fourth-order valence-corrected chi connectivity index (χ4v) is 2.82. The summed E-state index contributed by atoms with van der Waals surface area (Å²) in [5, 5.41) is 2.95. The second-order valence-electron chi connectivity index (χ2n) is 6.17. The van der Waals surface area contributed by atoms with Gasteiger partial charge in [-0.1, -0.05) is 42.0 Å². The summed E-state index contributed by atoms with van der Waals surface area (Å²) in [7, 11) is 0. The van der Waals surface area contributed by atoms with Gasteiger partial charge < -0.3 is 9.88 Å². The molecule has 0 aliphatic heterocycles. The summed E-state index contributed by atoms with van der Waals surface area (Å²) < 4.78 is 15.5. The van der Waals surface area contributed by atoms with Gasteiger partial charge in [0.25, 0.3) is 0 Å². The average molecular weight is 336 g/mol. The van der Waals surface area contributed by atoms with Gasteiger partial charge in [-0.2, -0.15) is 0 Å². The lowest BCUT2D eigenvalue weighted by molar-refractivity contribution is -0.121. The number of amides is 1. The Morgan fingerprint density at radius 1 is 1.08 bits per heavy atom. The summed E-state index contributed by atoms with van der Waals surface area (Å²) >= 11 is 0. The highest BCUT2D eigenvalue weighted by Gasteiger charge is 2.17. The predicted molar refractivity (Wildman–Crippen MR) is 96.6 cm³/mol. The van der Waals surface area contributed by atoms with E-state index in [4.69, 9.17) is 0 Å². The quantitative estimate of drug-likeness (QED) is 0.718. The zero-order valence-electron chi connectivity index (χ0n) is 14.2. The third kappa shape index (κ3) is 4.57. The van der Waals surface area contributed by atoms with Gasteiger partial charge >= 0.3 is 0 Å². The van der Waals surface area contributed by atoms with Gasteiger partial charge in [0.2, 0.25) is 5.91 Å². The van der Waals surface area contributed by atoms with Crippen LogP contribution >= 0.6 is 0 Å². The van der Waals surface area contributed by atoms with Crippen molar-refractivity contribution in [2.24, 2.45) is 0 Å². The molecule has 1 N–H and O–H groups in total. The van der Waals surface area contributed by atoms with Crippen molar-refractivity contribution in [1.29, 1.82) is 0 Å². The van der Waals surface area contributed by atoms with Crippen molar-refractivity contribution in [3.8, 4) is 0 Å². The summed E-state index contributed by atoms with van der Waals surface area (Å²) in [6, 6.07) is 18.0. The van der Waals surface area contributed by atoms with Gasteiger partial charge in [-0.15, -0.1) is 0 Å². The molecule has 0 spiro atoms. The van der Waals surface area contributed by atoms with Crippen LogP contribution in [0, 0.1) is 12.7 Å². The highest BCUT2D eigenvalue weighted by Crippen LogP contribution is 2.23. The summed E-state index contributed by atoms with van der Waals surface area (Å²) in [5.74, 6) is -0.363. The number of nitrogens with zero attached hydrogens (tertiary/aromatic N) is 1. The van der Waals surface area contributed by atoms with Gasteiger partial charge in [0.15, 0.2) is 0 Å². The molecule has 0 aliphatic rings. The van der Waals surface area contributed by atoms with Crippen LogP contribution in [0.4, 0.5) is 4.39 Å². The molecular formula is C21H21FN2O. The third-order valence-electron chi connectivity index (χ3n) is 4.21. The zero-order valence-corrected chi connectivity index (χ0v) is 14.2. The van der Waals surface area contributed by atoms with Crippen LogP contribution < -0.4 is 5.32 Å². The van der Waals surface area contributed by atoms with Crippen molar-refractivity contribution in [1.82, 2.24) is 9.88 Å². The van der Waals surface area contributed by atoms with Crippen molar-refractivity contribution < 1.29 is 9.18 Å². The van der Waals surface area contributed by atoms with E-state index in [9.17, 15) is 9.18 Å². The molecule has 1 atom stereocenters. The molecule has 0 saturated carbocycles. The zero-order chi connectivity index (χ0) is 17.6. The van der Waals surface area contributed by atoms with Crippen LogP contribution in [-0.4, -0.2) is 10.5 Å². The molecule has 1 heterocycles. The van der Waals surface area contributed by atoms with Crippen LogP contribution in [0.2, 0.25) is 0 Å². The minimum Gasteiger partial charge on any atom is -0.352 e. The third-order valence-corrected chi connectivity index (χ3v) is 4.21. The lowest BCUT2D eigenvalue weighted by atomic mass is 10.0. The van der Waals surface area contributed by atoms with E-state index in [-0.39, 0.29) is 24.2 Å². The molecule has 0 fully saturated rings. The monoisotopic (exact) mass is 336 g/mol. The molecule has 4 heteroatoms. The Hall–Kier alpha value is -2.88. The molecular weight excluding hydrogens is 315 g/mol. The molecule has 25 heavy (non-hydrogen) atoms. The van der Waals surface area contributed by atoms with Gasteiger partial charge in [-0.3, -0.25) is 4.79 Å². The first-order chi connectivity index (χ1) is 12.1. The number of benzene rings is 2. The smallest absolute Gasteiger partial charge is 0.222 e. The standard InChI is InChI=1S/C21H21FN2O/c1-16-7-9-17(10-8-16)15-23-21(25)14-20(24-11-2-3-12-24)18-5-4-6-19(22)13-18/h2-13,20H,14-15H2,1H3,(H,23,25)/t20-/m0/s1. The number of hydrogen-bond acceptors (Lipinski definition) is 1. The summed E-state index contributed by atoms with van der Waals surface area (Å²) in [5.41, 5.74) is 3.03. The van der Waals surface area contributed by atoms with Crippen molar-refractivity contribution in [2.45, 2.75) is 25.9 Å². The maximum Gasteiger partial charge on any atom is 0.222 e. The van der Waals surface area contributed by atoms with Crippen molar-refractivity contribution in [3.05, 3.63) is 95.6 Å². The lowest BCUT2D eigenvalue weighted by Gasteiger charge is -2.19. The Morgan fingerprint density at radius 3 is 2.48 bits per heavy atom. The molecule has 1 amide bonds. The average Bonchev–Trinajstić information content (AvgIpc) is 3.13. The highest BCUT2D eigenvalue weighted by molar-refractivity contribution is 5.76. The number of carbonyl (C=O) groups excluding carboxylic acids is 1. The molecule has 128 valence electrons. The summed E-state index contributed by atoms with van der Waals surface area (Å²) in [6.07, 6.45) is 4.04. The van der Waals surface area contributed by atoms with Gasteiger partial charge in [0, 0.05) is 18.9 Å². The normalized spacial score (nSPS) is 11.9. The number of nitrogens with one attached hydrogen (secondary N) is 1. The van der Waals surface area contributed by atoms with E-state index in [1.807, 2.05) is 66.3 Å². The molecule has 3 nitrogen and oxygen atoms in total. The Kier molecular flexibility index (Phi) is 5.29. The van der Waals surface area contributed by atoms with Crippen LogP contribution in [0.5, 0.6) is 0 Å². The van der Waals surface area contributed by atoms with Crippen molar-refractivity contribution in [3.63, 3.8) is 0 Å². The fourth-order valence-electron chi connectivity index (χ4n) is 2.82. The van der Waals surface area contributed by atoms with Gasteiger partial charge in [-0.25, -0.2) is 4.39 Å². The van der Waals surface area contributed by atoms with E-state index in [1.54, 1.807) is 6.07 Å². The van der Waals surface area contributed by atoms with E-state index in [0.717, 1.165) is 11.1 Å². The molecule has 3 aromatic rings. The Labute approximate surface area is 147 Å². The molecule has 0 bridgehead atoms. The second-order valence-corrected chi connectivity index (χ2v) is 6.17. The molecule has 1 aromatic heterocycles. The Morgan fingerprint density at radius 2 is 1.80 bits per heavy atom. The number of halogens is 1. The highest BCUT2D eigenvalue weighted by atomic mass is 19.1. The topological polar surface area (TPSA) is 34.0 Å². The summed E-state index contributed by atoms with van der Waals surface area (Å²) in [4.78, 5) is 12.4. The van der Waals surface area contributed by atoms with Crippen LogP contribution in [0.1, 0.15) is 29.2 Å². The SMILES string of the molecule is Cc1ccc(CNC(=O)C[C@@H](c2cccc(F)c2)n2cccc2)cc1. The maximum atomic E-state index is 13.6. The van der Waals surface area contributed by atoms with Gasteiger partial charge in [0.1, 0.15) is 5.82 Å². The van der Waals surface area contributed by atoms with Crippen LogP contribution in [0.15, 0.2) is 73.1 Å². The molecule has 0 saturated heterocycles. The Bertz CT molecular complexity index is 825. The largest absolute Gasteiger partial charge is 0.352 e. The van der Waals surface area contributed by atoms with E-state index >= 15 is 0 Å². The van der Waals surface area contributed by atoms with Crippen LogP contribution in [-0.2, 0) is 11.3 Å². The minimum atomic E-state index is -0.297. The number of carbonyl (C=O) groups is 1. The van der Waals surface area contributed by atoms with Crippen molar-refractivity contribution in [2.75, 3.05) is 0 Å². The van der Waals surface area contributed by atoms with E-state index in [1.165, 1.54) is 17.7 Å². The van der Waals surface area contributed by atoms with E-state index in [2.05, 4.69) is 5.32 Å². The molecule has 0 radical (unpaired) electrons. The van der Waals surface area contributed by atoms with E-state index in [0.29, 0.717) is 6.54 Å². The predicted octanol–water partition coefficient (Wildman–Crippen LogP) is 4.23.